The third kappa shape index (κ3) is 3.23. The van der Waals surface area contributed by atoms with Crippen molar-refractivity contribution in [1.29, 1.82) is 0 Å². The average Bonchev–Trinajstić information content (AvgIpc) is 2.40. The van der Waals surface area contributed by atoms with Crippen LogP contribution in [0, 0.1) is 5.82 Å². The van der Waals surface area contributed by atoms with E-state index in [4.69, 9.17) is 9.84 Å². The van der Waals surface area contributed by atoms with Crippen molar-refractivity contribution in [2.24, 2.45) is 0 Å². The number of rotatable bonds is 4. The summed E-state index contributed by atoms with van der Waals surface area (Å²) in [7, 11) is 0. The Bertz CT molecular complexity index is 456. The van der Waals surface area contributed by atoms with Crippen LogP contribution >= 0.6 is 0 Å². The highest BCUT2D eigenvalue weighted by Gasteiger charge is 2.23. The smallest absolute Gasteiger partial charge is 0.337 e. The van der Waals surface area contributed by atoms with Crippen LogP contribution in [0.4, 0.5) is 10.1 Å². The molecule has 1 N–H and O–H groups in total. The van der Waals surface area contributed by atoms with Gasteiger partial charge in [-0.25, -0.2) is 9.18 Å². The number of anilines is 1. The van der Waals surface area contributed by atoms with Crippen molar-refractivity contribution in [2.45, 2.75) is 25.9 Å². The van der Waals surface area contributed by atoms with Crippen LogP contribution in [-0.4, -0.2) is 36.9 Å². The molecule has 1 aromatic rings. The number of piperidine rings is 1. The number of ether oxygens (including phenoxy) is 1. The molecule has 0 unspecified atom stereocenters. The highest BCUT2D eigenvalue weighted by atomic mass is 19.1. The molecule has 0 aliphatic carbocycles. The highest BCUT2D eigenvalue weighted by Crippen LogP contribution is 2.26. The Balaban J connectivity index is 2.13. The summed E-state index contributed by atoms with van der Waals surface area (Å²) in [4.78, 5) is 13.1. The van der Waals surface area contributed by atoms with Crippen molar-refractivity contribution >= 4 is 11.7 Å². The Morgan fingerprint density at radius 1 is 1.47 bits per heavy atom. The van der Waals surface area contributed by atoms with Crippen LogP contribution in [0.1, 0.15) is 30.1 Å². The van der Waals surface area contributed by atoms with Gasteiger partial charge in [-0.1, -0.05) is 0 Å². The molecule has 1 heterocycles. The number of carboxylic acid groups (broad SMARTS) is 1. The largest absolute Gasteiger partial charge is 0.478 e. The second kappa shape index (κ2) is 6.02. The van der Waals surface area contributed by atoms with Crippen molar-refractivity contribution in [1.82, 2.24) is 0 Å². The first kappa shape index (κ1) is 13.8. The van der Waals surface area contributed by atoms with E-state index in [-0.39, 0.29) is 11.7 Å². The van der Waals surface area contributed by atoms with E-state index in [9.17, 15) is 9.18 Å². The van der Waals surface area contributed by atoms with Gasteiger partial charge in [-0.05, 0) is 38.0 Å². The summed E-state index contributed by atoms with van der Waals surface area (Å²) in [5.41, 5.74) is 0.610. The number of hydrogen-bond donors (Lipinski definition) is 1. The van der Waals surface area contributed by atoms with Gasteiger partial charge in [-0.2, -0.15) is 0 Å². The maximum absolute atomic E-state index is 13.1. The molecule has 1 saturated heterocycles. The van der Waals surface area contributed by atoms with E-state index in [1.165, 1.54) is 6.07 Å². The Morgan fingerprint density at radius 2 is 2.16 bits per heavy atom. The lowest BCUT2D eigenvalue weighted by molar-refractivity contribution is 0.0459. The lowest BCUT2D eigenvalue weighted by Crippen LogP contribution is -2.37. The first-order valence-electron chi connectivity index (χ1n) is 6.51. The summed E-state index contributed by atoms with van der Waals surface area (Å²) in [5, 5.41) is 9.14. The van der Waals surface area contributed by atoms with Gasteiger partial charge in [0.1, 0.15) is 5.82 Å². The summed E-state index contributed by atoms with van der Waals surface area (Å²) in [6.07, 6.45) is 1.98. The average molecular weight is 267 g/mol. The number of carbonyl (C=O) groups is 1. The molecule has 1 aromatic carbocycles. The molecule has 4 nitrogen and oxygen atoms in total. The van der Waals surface area contributed by atoms with Crippen LogP contribution in [0.15, 0.2) is 18.2 Å². The first-order valence-corrected chi connectivity index (χ1v) is 6.51. The second-order valence-electron chi connectivity index (χ2n) is 4.61. The zero-order valence-electron chi connectivity index (χ0n) is 10.9. The monoisotopic (exact) mass is 267 g/mol. The van der Waals surface area contributed by atoms with E-state index < -0.39 is 11.8 Å². The summed E-state index contributed by atoms with van der Waals surface area (Å²) < 4.78 is 18.7. The molecule has 19 heavy (non-hydrogen) atoms. The molecular weight excluding hydrogens is 249 g/mol. The number of hydrogen-bond acceptors (Lipinski definition) is 3. The Morgan fingerprint density at radius 3 is 2.74 bits per heavy atom. The minimum atomic E-state index is -1.10. The maximum Gasteiger partial charge on any atom is 0.337 e. The van der Waals surface area contributed by atoms with Crippen LogP contribution < -0.4 is 4.90 Å². The third-order valence-corrected chi connectivity index (χ3v) is 3.37. The topological polar surface area (TPSA) is 49.8 Å². The van der Waals surface area contributed by atoms with Gasteiger partial charge in [0.15, 0.2) is 0 Å². The van der Waals surface area contributed by atoms with E-state index >= 15 is 0 Å². The maximum atomic E-state index is 13.1. The summed E-state index contributed by atoms with van der Waals surface area (Å²) in [5.74, 6) is -1.62. The Kier molecular flexibility index (Phi) is 4.37. The molecule has 0 saturated carbocycles. The van der Waals surface area contributed by atoms with Gasteiger partial charge in [0.05, 0.1) is 17.4 Å². The van der Waals surface area contributed by atoms with Crippen molar-refractivity contribution in [3.8, 4) is 0 Å². The van der Waals surface area contributed by atoms with Gasteiger partial charge < -0.3 is 14.7 Å². The third-order valence-electron chi connectivity index (χ3n) is 3.37. The number of nitrogens with zero attached hydrogens (tertiary/aromatic N) is 1. The van der Waals surface area contributed by atoms with Crippen LogP contribution in [0.25, 0.3) is 0 Å². The predicted octanol–water partition coefficient (Wildman–Crippen LogP) is 2.53. The zero-order chi connectivity index (χ0) is 13.8. The summed E-state index contributed by atoms with van der Waals surface area (Å²) >= 11 is 0. The molecule has 0 radical (unpaired) electrons. The number of benzene rings is 1. The number of aromatic carboxylic acids is 1. The van der Waals surface area contributed by atoms with E-state index in [0.29, 0.717) is 12.3 Å². The SMILES string of the molecule is CCOC1CCN(c2ccc(F)cc2C(=O)O)CC1. The van der Waals surface area contributed by atoms with Gasteiger partial charge in [0.2, 0.25) is 0 Å². The zero-order valence-corrected chi connectivity index (χ0v) is 10.9. The van der Waals surface area contributed by atoms with Gasteiger partial charge in [0, 0.05) is 19.7 Å². The predicted molar refractivity (Wildman–Crippen MR) is 70.2 cm³/mol. The van der Waals surface area contributed by atoms with Crippen LogP contribution in [0.5, 0.6) is 0 Å². The van der Waals surface area contributed by atoms with E-state index in [0.717, 1.165) is 32.0 Å². The molecule has 0 spiro atoms. The standard InChI is InChI=1S/C14H18FNO3/c1-2-19-11-5-7-16(8-6-11)13-4-3-10(15)9-12(13)14(17)18/h3-4,9,11H,2,5-8H2,1H3,(H,17,18). The quantitative estimate of drug-likeness (QED) is 0.910. The Hall–Kier alpha value is -1.62. The van der Waals surface area contributed by atoms with Crippen LogP contribution in [0.2, 0.25) is 0 Å². The van der Waals surface area contributed by atoms with Crippen LogP contribution in [-0.2, 0) is 4.74 Å². The lowest BCUT2D eigenvalue weighted by Gasteiger charge is -2.34. The summed E-state index contributed by atoms with van der Waals surface area (Å²) in [6.45, 7) is 4.13. The van der Waals surface area contributed by atoms with Crippen molar-refractivity contribution in [2.75, 3.05) is 24.6 Å². The van der Waals surface area contributed by atoms with Gasteiger partial charge in [-0.15, -0.1) is 0 Å². The molecule has 1 fully saturated rings. The normalized spacial score (nSPS) is 16.6. The van der Waals surface area contributed by atoms with Gasteiger partial charge in [-0.3, -0.25) is 0 Å². The van der Waals surface area contributed by atoms with E-state index in [2.05, 4.69) is 0 Å². The first-order chi connectivity index (χ1) is 9.11. The molecular formula is C14H18FNO3. The van der Waals surface area contributed by atoms with Gasteiger partial charge in [0.25, 0.3) is 0 Å². The second-order valence-corrected chi connectivity index (χ2v) is 4.61. The fourth-order valence-electron chi connectivity index (χ4n) is 2.45. The van der Waals surface area contributed by atoms with E-state index in [1.54, 1.807) is 6.07 Å². The molecule has 0 bridgehead atoms. The minimum Gasteiger partial charge on any atom is -0.478 e. The van der Waals surface area contributed by atoms with Crippen molar-refractivity contribution in [3.05, 3.63) is 29.6 Å². The van der Waals surface area contributed by atoms with Crippen molar-refractivity contribution in [3.63, 3.8) is 0 Å². The molecule has 1 aliphatic rings. The highest BCUT2D eigenvalue weighted by molar-refractivity contribution is 5.94. The minimum absolute atomic E-state index is 0.0230. The molecule has 0 aromatic heterocycles. The summed E-state index contributed by atoms with van der Waals surface area (Å²) in [6, 6.07) is 3.92. The van der Waals surface area contributed by atoms with E-state index in [1.807, 2.05) is 11.8 Å². The Labute approximate surface area is 111 Å². The fourth-order valence-corrected chi connectivity index (χ4v) is 2.45. The number of carboxylic acids is 1. The molecule has 2 rings (SSSR count). The lowest BCUT2D eigenvalue weighted by atomic mass is 10.0. The molecule has 5 heteroatoms. The molecule has 1 aliphatic heterocycles. The fraction of sp³-hybridized carbons (Fsp3) is 0.500. The number of halogens is 1. The van der Waals surface area contributed by atoms with Gasteiger partial charge >= 0.3 is 5.97 Å². The molecule has 104 valence electrons. The molecule has 0 atom stereocenters. The van der Waals surface area contributed by atoms with Crippen LogP contribution in [0.3, 0.4) is 0 Å². The van der Waals surface area contributed by atoms with Crippen molar-refractivity contribution < 1.29 is 19.0 Å². The molecule has 0 amide bonds.